The summed E-state index contributed by atoms with van der Waals surface area (Å²) in [4.78, 5) is 13.3. The van der Waals surface area contributed by atoms with E-state index >= 15 is 0 Å². The summed E-state index contributed by atoms with van der Waals surface area (Å²) < 4.78 is 10.9. The Hall–Kier alpha value is -2.98. The topological polar surface area (TPSA) is 91.8 Å². The molecule has 2 N–H and O–H groups in total. The van der Waals surface area contributed by atoms with E-state index in [0.29, 0.717) is 41.3 Å². The lowest BCUT2D eigenvalue weighted by Crippen LogP contribution is -2.47. The van der Waals surface area contributed by atoms with Crippen LogP contribution in [-0.2, 0) is 4.79 Å². The summed E-state index contributed by atoms with van der Waals surface area (Å²) in [7, 11) is 6.85. The highest BCUT2D eigenvalue weighted by Crippen LogP contribution is 2.50. The van der Waals surface area contributed by atoms with E-state index in [2.05, 4.69) is 19.9 Å². The molecule has 0 spiro atoms. The second-order valence-electron chi connectivity index (χ2n) is 8.41. The Bertz CT molecular complexity index is 953. The number of ketones is 1. The third-order valence-corrected chi connectivity index (χ3v) is 5.51. The lowest BCUT2D eigenvalue weighted by Gasteiger charge is -2.45. The molecule has 1 aliphatic heterocycles. The zero-order chi connectivity index (χ0) is 21.5. The molecule has 29 heavy (non-hydrogen) atoms. The van der Waals surface area contributed by atoms with Gasteiger partial charge in [-0.3, -0.25) is 9.80 Å². The highest BCUT2D eigenvalue weighted by atomic mass is 16.5. The van der Waals surface area contributed by atoms with E-state index in [9.17, 15) is 10.1 Å². The summed E-state index contributed by atoms with van der Waals surface area (Å²) in [5.41, 5.74) is 8.82. The van der Waals surface area contributed by atoms with Crippen LogP contribution in [0.25, 0.3) is 0 Å². The number of carbonyl (C=O) groups excluding carboxylic acids is 1. The van der Waals surface area contributed by atoms with E-state index in [0.717, 1.165) is 11.3 Å². The normalized spacial score (nSPS) is 21.2. The van der Waals surface area contributed by atoms with Crippen LogP contribution in [0.4, 0.5) is 0 Å². The molecule has 1 aromatic rings. The van der Waals surface area contributed by atoms with E-state index in [1.165, 1.54) is 0 Å². The van der Waals surface area contributed by atoms with Crippen molar-refractivity contribution in [1.82, 2.24) is 10.0 Å². The number of nitrogens with two attached hydrogens (primary N) is 1. The molecule has 1 aromatic carbocycles. The van der Waals surface area contributed by atoms with Gasteiger partial charge in [-0.05, 0) is 17.9 Å². The zero-order valence-corrected chi connectivity index (χ0v) is 17.9. The standard InChI is InChI=1S/C22H28N4O3/c1-22(2)10-16-20(17(27)11-22)19(15(12-23)21(24)26(16)25(3)4)14-8-7-13(28-5)9-18(14)29-6/h7-9,19H,10-11,24H2,1-6H3. The molecule has 0 saturated heterocycles. The molecular formula is C22H28N4O3. The average molecular weight is 396 g/mol. The molecule has 7 nitrogen and oxygen atoms in total. The molecule has 0 radical (unpaired) electrons. The predicted octanol–water partition coefficient (Wildman–Crippen LogP) is 2.92. The highest BCUT2D eigenvalue weighted by Gasteiger charge is 2.45. The average Bonchev–Trinajstić information content (AvgIpc) is 2.65. The second-order valence-corrected chi connectivity index (χ2v) is 8.41. The summed E-state index contributed by atoms with van der Waals surface area (Å²) in [5.74, 6) is 0.987. The second kappa shape index (κ2) is 7.45. The smallest absolute Gasteiger partial charge is 0.162 e. The number of rotatable bonds is 4. The summed E-state index contributed by atoms with van der Waals surface area (Å²) in [6.07, 6.45) is 1.10. The molecule has 0 amide bonds. The molecule has 2 aliphatic rings. The molecule has 3 rings (SSSR count). The minimum Gasteiger partial charge on any atom is -0.497 e. The monoisotopic (exact) mass is 396 g/mol. The van der Waals surface area contributed by atoms with Gasteiger partial charge >= 0.3 is 0 Å². The van der Waals surface area contributed by atoms with Gasteiger partial charge in [-0.2, -0.15) is 5.26 Å². The van der Waals surface area contributed by atoms with Crippen molar-refractivity contribution >= 4 is 5.78 Å². The molecule has 0 aromatic heterocycles. The van der Waals surface area contributed by atoms with Crippen LogP contribution in [0, 0.1) is 16.7 Å². The van der Waals surface area contributed by atoms with Gasteiger partial charge in [-0.25, -0.2) is 5.01 Å². The quantitative estimate of drug-likeness (QED) is 0.836. The van der Waals surface area contributed by atoms with Crippen LogP contribution >= 0.6 is 0 Å². The van der Waals surface area contributed by atoms with Gasteiger partial charge in [0.05, 0.1) is 31.8 Å². The predicted molar refractivity (Wildman–Crippen MR) is 110 cm³/mol. The van der Waals surface area contributed by atoms with Crippen molar-refractivity contribution in [3.63, 3.8) is 0 Å². The first kappa shape index (κ1) is 20.7. The largest absolute Gasteiger partial charge is 0.497 e. The number of carbonyl (C=O) groups is 1. The molecular weight excluding hydrogens is 368 g/mol. The van der Waals surface area contributed by atoms with Crippen LogP contribution in [0.5, 0.6) is 11.5 Å². The maximum absolute atomic E-state index is 13.3. The summed E-state index contributed by atoms with van der Waals surface area (Å²) >= 11 is 0. The Labute approximate surface area is 171 Å². The molecule has 154 valence electrons. The van der Waals surface area contributed by atoms with Crippen LogP contribution in [-0.4, -0.2) is 44.1 Å². The van der Waals surface area contributed by atoms with E-state index in [1.54, 1.807) is 31.4 Å². The fourth-order valence-corrected chi connectivity index (χ4v) is 4.32. The minimum absolute atomic E-state index is 0.0335. The SMILES string of the molecule is COc1ccc(C2C(C#N)=C(N)N(N(C)C)C3=C2C(=O)CC(C)(C)C3)c(OC)c1. The van der Waals surface area contributed by atoms with Crippen molar-refractivity contribution in [3.05, 3.63) is 46.4 Å². The van der Waals surface area contributed by atoms with Crippen molar-refractivity contribution in [2.45, 2.75) is 32.6 Å². The van der Waals surface area contributed by atoms with Crippen LogP contribution in [0.2, 0.25) is 0 Å². The first-order chi connectivity index (χ1) is 13.6. The summed E-state index contributed by atoms with van der Waals surface area (Å²) in [5, 5.41) is 13.6. The molecule has 7 heteroatoms. The third kappa shape index (κ3) is 3.45. The van der Waals surface area contributed by atoms with Gasteiger partial charge in [0.15, 0.2) is 5.78 Å². The van der Waals surface area contributed by atoms with E-state index in [4.69, 9.17) is 15.2 Å². The number of allylic oxidation sites excluding steroid dienone is 3. The zero-order valence-electron chi connectivity index (χ0n) is 17.9. The van der Waals surface area contributed by atoms with Gasteiger partial charge in [0, 0.05) is 43.4 Å². The Morgan fingerprint density at radius 1 is 1.24 bits per heavy atom. The number of methoxy groups -OCH3 is 2. The summed E-state index contributed by atoms with van der Waals surface area (Å²) in [6, 6.07) is 7.66. The van der Waals surface area contributed by atoms with Crippen LogP contribution < -0.4 is 15.2 Å². The number of benzene rings is 1. The number of nitriles is 1. The van der Waals surface area contributed by atoms with Crippen LogP contribution in [0.3, 0.4) is 0 Å². The van der Waals surface area contributed by atoms with Crippen LogP contribution in [0.1, 0.15) is 38.2 Å². The van der Waals surface area contributed by atoms with Crippen molar-refractivity contribution in [2.24, 2.45) is 11.1 Å². The fraction of sp³-hybridized carbons (Fsp3) is 0.455. The number of hydrazine groups is 1. The maximum atomic E-state index is 13.3. The van der Waals surface area contributed by atoms with Crippen molar-refractivity contribution < 1.29 is 14.3 Å². The van der Waals surface area contributed by atoms with Gasteiger partial charge in [0.25, 0.3) is 0 Å². The molecule has 0 bridgehead atoms. The van der Waals surface area contributed by atoms with E-state index in [-0.39, 0.29) is 11.2 Å². The molecule has 1 aliphatic carbocycles. The van der Waals surface area contributed by atoms with E-state index in [1.807, 2.05) is 25.2 Å². The molecule has 1 atom stereocenters. The van der Waals surface area contributed by atoms with Crippen molar-refractivity contribution in [2.75, 3.05) is 28.3 Å². The number of ether oxygens (including phenoxy) is 2. The van der Waals surface area contributed by atoms with Gasteiger partial charge in [-0.1, -0.05) is 19.9 Å². The van der Waals surface area contributed by atoms with Gasteiger partial charge < -0.3 is 15.2 Å². The first-order valence-corrected chi connectivity index (χ1v) is 9.50. The first-order valence-electron chi connectivity index (χ1n) is 9.50. The Morgan fingerprint density at radius 3 is 2.48 bits per heavy atom. The Morgan fingerprint density at radius 2 is 1.93 bits per heavy atom. The molecule has 1 heterocycles. The molecule has 0 saturated carbocycles. The highest BCUT2D eigenvalue weighted by molar-refractivity contribution is 6.00. The lowest BCUT2D eigenvalue weighted by atomic mass is 9.69. The minimum atomic E-state index is -0.573. The fourth-order valence-electron chi connectivity index (χ4n) is 4.32. The van der Waals surface area contributed by atoms with Gasteiger partial charge in [0.2, 0.25) is 0 Å². The van der Waals surface area contributed by atoms with Crippen molar-refractivity contribution in [1.29, 1.82) is 5.26 Å². The van der Waals surface area contributed by atoms with Crippen LogP contribution in [0.15, 0.2) is 40.9 Å². The van der Waals surface area contributed by atoms with Crippen molar-refractivity contribution in [3.8, 4) is 17.6 Å². The summed E-state index contributed by atoms with van der Waals surface area (Å²) in [6.45, 7) is 4.15. The van der Waals surface area contributed by atoms with Gasteiger partial charge in [0.1, 0.15) is 17.3 Å². The third-order valence-electron chi connectivity index (χ3n) is 5.51. The Kier molecular flexibility index (Phi) is 5.33. The number of Topliss-reactive ketones (excluding diaryl/α,β-unsaturated/α-hetero) is 1. The number of nitrogens with zero attached hydrogens (tertiary/aromatic N) is 3. The molecule has 0 fully saturated rings. The maximum Gasteiger partial charge on any atom is 0.162 e. The lowest BCUT2D eigenvalue weighted by molar-refractivity contribution is -0.119. The van der Waals surface area contributed by atoms with E-state index < -0.39 is 5.92 Å². The number of hydrogen-bond donors (Lipinski definition) is 1. The van der Waals surface area contributed by atoms with Gasteiger partial charge in [-0.15, -0.1) is 0 Å². The Balaban J connectivity index is 2.31. The number of hydrogen-bond acceptors (Lipinski definition) is 7. The molecule has 1 unspecified atom stereocenters.